The first-order chi connectivity index (χ1) is 9.51. The van der Waals surface area contributed by atoms with Gasteiger partial charge in [-0.1, -0.05) is 23.4 Å². The number of amides is 3. The molecule has 0 aromatic carbocycles. The number of nitrogens with one attached hydrogen (secondary N) is 2. The smallest absolute Gasteiger partial charge is 0.272 e. The summed E-state index contributed by atoms with van der Waals surface area (Å²) < 4.78 is 0. The summed E-state index contributed by atoms with van der Waals surface area (Å²) in [5.41, 5.74) is 0.00992. The first-order valence-corrected chi connectivity index (χ1v) is 7.32. The lowest BCUT2D eigenvalue weighted by molar-refractivity contribution is -0.134. The van der Waals surface area contributed by atoms with E-state index in [0.717, 1.165) is 0 Å². The number of piperidine rings is 1. The Bertz CT molecular complexity index is 581. The van der Waals surface area contributed by atoms with Crippen molar-refractivity contribution in [2.75, 3.05) is 6.26 Å². The van der Waals surface area contributed by atoms with Gasteiger partial charge in [-0.2, -0.15) is 0 Å². The highest BCUT2D eigenvalue weighted by Gasteiger charge is 2.29. The highest BCUT2D eigenvalue weighted by molar-refractivity contribution is 7.98. The van der Waals surface area contributed by atoms with Crippen LogP contribution >= 0.6 is 23.4 Å². The highest BCUT2D eigenvalue weighted by Crippen LogP contribution is 2.17. The van der Waals surface area contributed by atoms with Crippen molar-refractivity contribution in [3.05, 3.63) is 16.9 Å². The van der Waals surface area contributed by atoms with Crippen LogP contribution in [0.15, 0.2) is 11.4 Å². The average Bonchev–Trinajstić information content (AvgIpc) is 2.42. The first kappa shape index (κ1) is 14.7. The summed E-state index contributed by atoms with van der Waals surface area (Å²) in [4.78, 5) is 42.6. The SMILES string of the molecule is CSc1ncc(Cl)c(C(=O)NC2CCC(=O)NC2=O)n1. The van der Waals surface area contributed by atoms with Gasteiger partial charge in [0.05, 0.1) is 11.2 Å². The second-order valence-electron chi connectivity index (χ2n) is 4.03. The fourth-order valence-corrected chi connectivity index (χ4v) is 2.18. The third-order valence-corrected chi connectivity index (χ3v) is 3.50. The molecular weight excluding hydrogens is 304 g/mol. The van der Waals surface area contributed by atoms with Gasteiger partial charge in [-0.05, 0) is 12.7 Å². The Labute approximate surface area is 123 Å². The van der Waals surface area contributed by atoms with Crippen molar-refractivity contribution in [1.29, 1.82) is 0 Å². The van der Waals surface area contributed by atoms with Gasteiger partial charge in [0, 0.05) is 6.42 Å². The van der Waals surface area contributed by atoms with Crippen molar-refractivity contribution in [2.45, 2.75) is 24.0 Å². The third kappa shape index (κ3) is 3.26. The number of hydrogen-bond acceptors (Lipinski definition) is 6. The number of carbonyl (C=O) groups is 3. The maximum Gasteiger partial charge on any atom is 0.272 e. The van der Waals surface area contributed by atoms with Crippen LogP contribution < -0.4 is 10.6 Å². The third-order valence-electron chi connectivity index (χ3n) is 2.66. The number of imide groups is 1. The molecule has 2 N–H and O–H groups in total. The maximum atomic E-state index is 12.1. The minimum Gasteiger partial charge on any atom is -0.339 e. The molecule has 1 aliphatic heterocycles. The van der Waals surface area contributed by atoms with Gasteiger partial charge in [-0.15, -0.1) is 0 Å². The van der Waals surface area contributed by atoms with E-state index in [9.17, 15) is 14.4 Å². The molecule has 106 valence electrons. The molecule has 1 unspecified atom stereocenters. The van der Waals surface area contributed by atoms with Crippen LogP contribution in [0.5, 0.6) is 0 Å². The summed E-state index contributed by atoms with van der Waals surface area (Å²) in [5.74, 6) is -1.43. The lowest BCUT2D eigenvalue weighted by Gasteiger charge is -2.21. The predicted molar refractivity (Wildman–Crippen MR) is 72.5 cm³/mol. The van der Waals surface area contributed by atoms with Crippen LogP contribution in [0, 0.1) is 0 Å². The summed E-state index contributed by atoms with van der Waals surface area (Å²) in [6.07, 6.45) is 3.55. The van der Waals surface area contributed by atoms with Crippen molar-refractivity contribution < 1.29 is 14.4 Å². The topological polar surface area (TPSA) is 101 Å². The molecule has 1 aromatic heterocycles. The van der Waals surface area contributed by atoms with Crippen molar-refractivity contribution in [3.8, 4) is 0 Å². The largest absolute Gasteiger partial charge is 0.339 e. The number of halogens is 1. The number of nitrogens with zero attached hydrogens (tertiary/aromatic N) is 2. The number of hydrogen-bond donors (Lipinski definition) is 2. The molecule has 1 aromatic rings. The van der Waals surface area contributed by atoms with Crippen LogP contribution in [0.2, 0.25) is 5.02 Å². The normalized spacial score (nSPS) is 18.6. The Morgan fingerprint density at radius 2 is 2.30 bits per heavy atom. The van der Waals surface area contributed by atoms with Crippen molar-refractivity contribution in [3.63, 3.8) is 0 Å². The molecule has 1 fully saturated rings. The summed E-state index contributed by atoms with van der Waals surface area (Å²) >= 11 is 7.15. The van der Waals surface area contributed by atoms with E-state index in [1.165, 1.54) is 18.0 Å². The summed E-state index contributed by atoms with van der Waals surface area (Å²) in [5, 5.41) is 5.18. The lowest BCUT2D eigenvalue weighted by Crippen LogP contribution is -2.52. The molecule has 0 bridgehead atoms. The van der Waals surface area contributed by atoms with Crippen LogP contribution in [0.3, 0.4) is 0 Å². The van der Waals surface area contributed by atoms with E-state index in [4.69, 9.17) is 11.6 Å². The number of rotatable bonds is 3. The van der Waals surface area contributed by atoms with E-state index in [-0.39, 0.29) is 29.5 Å². The van der Waals surface area contributed by atoms with Crippen LogP contribution in [0.25, 0.3) is 0 Å². The molecule has 3 amide bonds. The van der Waals surface area contributed by atoms with Crippen molar-refractivity contribution in [1.82, 2.24) is 20.6 Å². The van der Waals surface area contributed by atoms with Gasteiger partial charge in [0.2, 0.25) is 11.8 Å². The standard InChI is InChI=1S/C11H11ClN4O3S/c1-20-11-13-4-5(12)8(16-11)10(19)14-6-2-3-7(17)15-9(6)18/h4,6H,2-3H2,1H3,(H,14,19)(H,15,17,18). The van der Waals surface area contributed by atoms with E-state index in [0.29, 0.717) is 5.16 Å². The fourth-order valence-electron chi connectivity index (χ4n) is 1.67. The molecule has 0 saturated carbocycles. The van der Waals surface area contributed by atoms with Gasteiger partial charge in [-0.3, -0.25) is 19.7 Å². The predicted octanol–water partition coefficient (Wildman–Crippen LogP) is 0.387. The zero-order valence-electron chi connectivity index (χ0n) is 10.5. The molecule has 2 heterocycles. The van der Waals surface area contributed by atoms with Gasteiger partial charge >= 0.3 is 0 Å². The Morgan fingerprint density at radius 1 is 1.55 bits per heavy atom. The maximum absolute atomic E-state index is 12.1. The van der Waals surface area contributed by atoms with E-state index in [2.05, 4.69) is 20.6 Å². The summed E-state index contributed by atoms with van der Waals surface area (Å²) in [6.45, 7) is 0. The lowest BCUT2D eigenvalue weighted by atomic mass is 10.1. The van der Waals surface area contributed by atoms with Crippen molar-refractivity contribution in [2.24, 2.45) is 0 Å². The van der Waals surface area contributed by atoms with Crippen LogP contribution in [0.4, 0.5) is 0 Å². The van der Waals surface area contributed by atoms with Gasteiger partial charge in [0.1, 0.15) is 6.04 Å². The monoisotopic (exact) mass is 314 g/mol. The number of thioether (sulfide) groups is 1. The zero-order valence-corrected chi connectivity index (χ0v) is 12.0. The second kappa shape index (κ2) is 6.19. The summed E-state index contributed by atoms with van der Waals surface area (Å²) in [7, 11) is 0. The van der Waals surface area contributed by atoms with Gasteiger partial charge < -0.3 is 5.32 Å². The van der Waals surface area contributed by atoms with E-state index in [1.54, 1.807) is 6.26 Å². The Hall–Kier alpha value is -1.67. The van der Waals surface area contributed by atoms with E-state index >= 15 is 0 Å². The molecule has 20 heavy (non-hydrogen) atoms. The minimum atomic E-state index is -0.760. The van der Waals surface area contributed by atoms with Crippen LogP contribution in [-0.2, 0) is 9.59 Å². The summed E-state index contributed by atoms with van der Waals surface area (Å²) in [6, 6.07) is -0.760. The quantitative estimate of drug-likeness (QED) is 0.475. The Kier molecular flexibility index (Phi) is 4.56. The van der Waals surface area contributed by atoms with E-state index < -0.39 is 17.9 Å². The Morgan fingerprint density at radius 3 is 2.95 bits per heavy atom. The molecule has 1 saturated heterocycles. The molecule has 9 heteroatoms. The minimum absolute atomic E-state index is 0.00992. The van der Waals surface area contributed by atoms with Crippen LogP contribution in [-0.4, -0.2) is 40.0 Å². The average molecular weight is 315 g/mol. The highest BCUT2D eigenvalue weighted by atomic mass is 35.5. The zero-order chi connectivity index (χ0) is 14.7. The molecule has 0 radical (unpaired) electrons. The van der Waals surface area contributed by atoms with Crippen LogP contribution in [0.1, 0.15) is 23.3 Å². The second-order valence-corrected chi connectivity index (χ2v) is 5.21. The first-order valence-electron chi connectivity index (χ1n) is 5.72. The van der Waals surface area contributed by atoms with Gasteiger partial charge in [-0.25, -0.2) is 9.97 Å². The van der Waals surface area contributed by atoms with E-state index in [1.807, 2.05) is 0 Å². The molecule has 0 spiro atoms. The fraction of sp³-hybridized carbons (Fsp3) is 0.364. The number of carbonyl (C=O) groups excluding carboxylic acids is 3. The molecule has 2 rings (SSSR count). The molecule has 1 atom stereocenters. The van der Waals surface area contributed by atoms with Crippen molar-refractivity contribution >= 4 is 41.1 Å². The van der Waals surface area contributed by atoms with Gasteiger partial charge in [0.15, 0.2) is 10.9 Å². The Balaban J connectivity index is 2.12. The molecule has 7 nitrogen and oxygen atoms in total. The number of aromatic nitrogens is 2. The molecule has 1 aliphatic rings. The molecule has 0 aliphatic carbocycles. The van der Waals surface area contributed by atoms with Gasteiger partial charge in [0.25, 0.3) is 5.91 Å². The molecular formula is C11H11ClN4O3S.